The normalized spacial score (nSPS) is 12.9. The van der Waals surface area contributed by atoms with Crippen LogP contribution in [0.3, 0.4) is 0 Å². The summed E-state index contributed by atoms with van der Waals surface area (Å²) < 4.78 is 6.68. The first kappa shape index (κ1) is 19.5. The molecular formula is C21H24ClN5O2. The van der Waals surface area contributed by atoms with Crippen molar-refractivity contribution in [2.75, 3.05) is 0 Å². The van der Waals surface area contributed by atoms with E-state index in [0.29, 0.717) is 22.0 Å². The monoisotopic (exact) mass is 413 g/mol. The molecule has 152 valence electrons. The molecule has 3 heterocycles. The van der Waals surface area contributed by atoms with Crippen molar-refractivity contribution in [3.05, 3.63) is 67.1 Å². The Morgan fingerprint density at radius 1 is 1.14 bits per heavy atom. The summed E-state index contributed by atoms with van der Waals surface area (Å²) in [4.78, 5) is 31.1. The van der Waals surface area contributed by atoms with Gasteiger partial charge in [0.15, 0.2) is 11.2 Å². The van der Waals surface area contributed by atoms with Gasteiger partial charge in [-0.15, -0.1) is 0 Å². The zero-order valence-corrected chi connectivity index (χ0v) is 18.0. The Morgan fingerprint density at radius 3 is 2.48 bits per heavy atom. The molecule has 4 aromatic rings. The van der Waals surface area contributed by atoms with Crippen LogP contribution >= 0.6 is 11.6 Å². The molecule has 0 spiro atoms. The molecule has 0 saturated heterocycles. The van der Waals surface area contributed by atoms with Gasteiger partial charge < -0.3 is 4.57 Å². The number of halogens is 1. The van der Waals surface area contributed by atoms with Crippen LogP contribution in [0, 0.1) is 13.8 Å². The third-order valence-corrected chi connectivity index (χ3v) is 6.25. The Morgan fingerprint density at radius 2 is 1.83 bits per heavy atom. The first-order valence-electron chi connectivity index (χ1n) is 9.70. The summed E-state index contributed by atoms with van der Waals surface area (Å²) in [5, 5.41) is 0.523. The van der Waals surface area contributed by atoms with Crippen LogP contribution in [0.5, 0.6) is 0 Å². The van der Waals surface area contributed by atoms with Crippen molar-refractivity contribution in [2.45, 2.75) is 46.7 Å². The largest absolute Gasteiger partial charge is 0.332 e. The van der Waals surface area contributed by atoms with Crippen molar-refractivity contribution in [3.63, 3.8) is 0 Å². The summed E-state index contributed by atoms with van der Waals surface area (Å²) in [6, 6.07) is 7.46. The van der Waals surface area contributed by atoms with Crippen molar-refractivity contribution in [1.82, 2.24) is 23.1 Å². The van der Waals surface area contributed by atoms with Crippen molar-refractivity contribution in [2.24, 2.45) is 7.05 Å². The van der Waals surface area contributed by atoms with E-state index in [1.54, 1.807) is 13.1 Å². The Balaban J connectivity index is 2.09. The van der Waals surface area contributed by atoms with Gasteiger partial charge in [-0.1, -0.05) is 36.7 Å². The smallest absolute Gasteiger partial charge is 0.311 e. The second kappa shape index (κ2) is 6.91. The van der Waals surface area contributed by atoms with Crippen LogP contribution < -0.4 is 11.2 Å². The van der Waals surface area contributed by atoms with Gasteiger partial charge in [0.1, 0.15) is 0 Å². The number of aromatic nitrogens is 5. The maximum atomic E-state index is 13.4. The molecule has 29 heavy (non-hydrogen) atoms. The van der Waals surface area contributed by atoms with E-state index in [9.17, 15) is 9.59 Å². The SMILES string of the molecule is CCC(C)n1c(C)c(C)n2c3c(=O)n(Cc4ccccc4Cl)c(=O)n(C)c3nc12. The van der Waals surface area contributed by atoms with Gasteiger partial charge in [0, 0.05) is 29.5 Å². The van der Waals surface area contributed by atoms with Gasteiger partial charge in [-0.25, -0.2) is 4.79 Å². The van der Waals surface area contributed by atoms with E-state index in [2.05, 4.69) is 18.4 Å². The number of hydrogen-bond donors (Lipinski definition) is 0. The zero-order valence-electron chi connectivity index (χ0n) is 17.2. The predicted octanol–water partition coefficient (Wildman–Crippen LogP) is 3.44. The molecule has 0 aliphatic rings. The van der Waals surface area contributed by atoms with Crippen LogP contribution in [0.4, 0.5) is 0 Å². The van der Waals surface area contributed by atoms with Crippen molar-refractivity contribution < 1.29 is 0 Å². The molecule has 1 atom stereocenters. The van der Waals surface area contributed by atoms with Gasteiger partial charge in [-0.05, 0) is 38.8 Å². The van der Waals surface area contributed by atoms with Crippen LogP contribution in [0.1, 0.15) is 43.3 Å². The van der Waals surface area contributed by atoms with E-state index < -0.39 is 5.69 Å². The number of benzene rings is 1. The molecule has 0 fully saturated rings. The van der Waals surface area contributed by atoms with E-state index in [4.69, 9.17) is 16.6 Å². The Kier molecular flexibility index (Phi) is 4.65. The third-order valence-electron chi connectivity index (χ3n) is 5.88. The Bertz CT molecular complexity index is 1370. The van der Waals surface area contributed by atoms with Gasteiger partial charge in [-0.2, -0.15) is 4.98 Å². The average molecular weight is 414 g/mol. The second-order valence-corrected chi connectivity index (χ2v) is 7.95. The molecule has 0 aliphatic heterocycles. The lowest BCUT2D eigenvalue weighted by Gasteiger charge is -2.13. The molecule has 8 heteroatoms. The van der Waals surface area contributed by atoms with Crippen molar-refractivity contribution >= 4 is 28.5 Å². The fourth-order valence-corrected chi connectivity index (χ4v) is 4.12. The highest BCUT2D eigenvalue weighted by atomic mass is 35.5. The lowest BCUT2D eigenvalue weighted by atomic mass is 10.2. The lowest BCUT2D eigenvalue weighted by molar-refractivity contribution is 0.532. The molecule has 0 saturated carbocycles. The van der Waals surface area contributed by atoms with E-state index in [1.807, 2.05) is 36.4 Å². The van der Waals surface area contributed by atoms with Crippen LogP contribution in [-0.2, 0) is 13.6 Å². The predicted molar refractivity (Wildman–Crippen MR) is 115 cm³/mol. The minimum Gasteiger partial charge on any atom is -0.311 e. The molecule has 0 aliphatic carbocycles. The van der Waals surface area contributed by atoms with E-state index in [0.717, 1.165) is 23.4 Å². The van der Waals surface area contributed by atoms with Crippen LogP contribution in [0.25, 0.3) is 16.9 Å². The van der Waals surface area contributed by atoms with Crippen LogP contribution in [0.15, 0.2) is 33.9 Å². The molecular weight excluding hydrogens is 390 g/mol. The average Bonchev–Trinajstić information content (AvgIpc) is 3.20. The summed E-state index contributed by atoms with van der Waals surface area (Å²) in [5.41, 5.74) is 2.77. The van der Waals surface area contributed by atoms with Crippen molar-refractivity contribution in [1.29, 1.82) is 0 Å². The van der Waals surface area contributed by atoms with Gasteiger partial charge in [0.25, 0.3) is 5.56 Å². The van der Waals surface area contributed by atoms with E-state index in [1.165, 1.54) is 9.13 Å². The second-order valence-electron chi connectivity index (χ2n) is 7.54. The first-order chi connectivity index (χ1) is 13.8. The van der Waals surface area contributed by atoms with Gasteiger partial charge in [0.2, 0.25) is 5.78 Å². The first-order valence-corrected chi connectivity index (χ1v) is 10.1. The zero-order chi connectivity index (χ0) is 21.0. The highest BCUT2D eigenvalue weighted by molar-refractivity contribution is 6.31. The summed E-state index contributed by atoms with van der Waals surface area (Å²) >= 11 is 6.27. The van der Waals surface area contributed by atoms with E-state index in [-0.39, 0.29) is 18.1 Å². The molecule has 7 nitrogen and oxygen atoms in total. The molecule has 0 N–H and O–H groups in total. The summed E-state index contributed by atoms with van der Waals surface area (Å²) in [5.74, 6) is 0.687. The summed E-state index contributed by atoms with van der Waals surface area (Å²) in [6.07, 6.45) is 0.934. The Hall–Kier alpha value is -2.80. The number of imidazole rings is 2. The number of rotatable bonds is 4. The maximum absolute atomic E-state index is 13.4. The molecule has 0 bridgehead atoms. The number of hydrogen-bond acceptors (Lipinski definition) is 3. The quantitative estimate of drug-likeness (QED) is 0.514. The lowest BCUT2D eigenvalue weighted by Crippen LogP contribution is -2.39. The van der Waals surface area contributed by atoms with Gasteiger partial charge in [0.05, 0.1) is 6.54 Å². The topological polar surface area (TPSA) is 66.2 Å². The van der Waals surface area contributed by atoms with Crippen LogP contribution in [-0.4, -0.2) is 23.1 Å². The van der Waals surface area contributed by atoms with Crippen molar-refractivity contribution in [3.8, 4) is 0 Å². The highest BCUT2D eigenvalue weighted by Gasteiger charge is 2.24. The van der Waals surface area contributed by atoms with Crippen LogP contribution in [0.2, 0.25) is 5.02 Å². The van der Waals surface area contributed by atoms with Gasteiger partial charge >= 0.3 is 5.69 Å². The third kappa shape index (κ3) is 2.75. The fourth-order valence-electron chi connectivity index (χ4n) is 3.92. The number of nitrogens with zero attached hydrogens (tertiary/aromatic N) is 5. The van der Waals surface area contributed by atoms with E-state index >= 15 is 0 Å². The molecule has 0 amide bonds. The molecule has 4 rings (SSSR count). The maximum Gasteiger partial charge on any atom is 0.332 e. The highest BCUT2D eigenvalue weighted by Crippen LogP contribution is 2.25. The molecule has 1 unspecified atom stereocenters. The minimum atomic E-state index is -0.410. The summed E-state index contributed by atoms with van der Waals surface area (Å²) in [7, 11) is 1.65. The number of fused-ring (bicyclic) bond motifs is 3. The molecule has 3 aromatic heterocycles. The minimum absolute atomic E-state index is 0.110. The summed E-state index contributed by atoms with van der Waals surface area (Å²) in [6.45, 7) is 8.36. The standard InChI is InChI=1S/C21H24ClN5O2/c1-6-12(2)26-13(3)14(4)27-17-18(23-20(26)27)24(5)21(29)25(19(17)28)11-15-9-7-8-10-16(15)22/h7-10,12H,6,11H2,1-5H3. The molecule has 1 aromatic carbocycles. The fraction of sp³-hybridized carbons (Fsp3) is 0.381. The number of aryl methyl sites for hydroxylation is 2. The van der Waals surface area contributed by atoms with Gasteiger partial charge in [-0.3, -0.25) is 18.3 Å². The Labute approximate surface area is 172 Å². The molecule has 0 radical (unpaired) electrons.